The molecule has 0 amide bonds. The molecule has 0 bridgehead atoms. The second-order valence-electron chi connectivity index (χ2n) is 4.47. The van der Waals surface area contributed by atoms with Crippen LogP contribution in [0.3, 0.4) is 0 Å². The van der Waals surface area contributed by atoms with Gasteiger partial charge in [0.05, 0.1) is 10.6 Å². The Hall–Kier alpha value is -1.69. The van der Waals surface area contributed by atoms with Gasteiger partial charge in [0, 0.05) is 23.9 Å². The summed E-state index contributed by atoms with van der Waals surface area (Å²) >= 11 is 1.41. The number of thiazole rings is 1. The van der Waals surface area contributed by atoms with Crippen molar-refractivity contribution in [3.63, 3.8) is 0 Å². The van der Waals surface area contributed by atoms with Crippen molar-refractivity contribution in [1.82, 2.24) is 4.98 Å². The first-order chi connectivity index (χ1) is 9.34. The van der Waals surface area contributed by atoms with E-state index in [4.69, 9.17) is 0 Å². The molecule has 0 fully saturated rings. The predicted molar refractivity (Wildman–Crippen MR) is 70.7 cm³/mol. The van der Waals surface area contributed by atoms with E-state index in [-0.39, 0.29) is 5.78 Å². The average Bonchev–Trinajstić information content (AvgIpc) is 2.75. The standard InChI is InChI=1S/C14H12F3NOS/c1-9(19)6-12-8-18-13(20-12)7-10-2-4-11(5-3-10)14(15,16)17/h2-5,8H,6-7H2,1H3. The molecular weight excluding hydrogens is 287 g/mol. The Morgan fingerprint density at radius 1 is 1.25 bits per heavy atom. The van der Waals surface area contributed by atoms with Crippen LogP contribution in [0.25, 0.3) is 0 Å². The van der Waals surface area contributed by atoms with E-state index in [0.717, 1.165) is 27.6 Å². The summed E-state index contributed by atoms with van der Waals surface area (Å²) in [5.41, 5.74) is 0.111. The van der Waals surface area contributed by atoms with Gasteiger partial charge in [0.15, 0.2) is 0 Å². The Morgan fingerprint density at radius 2 is 1.90 bits per heavy atom. The van der Waals surface area contributed by atoms with Crippen LogP contribution >= 0.6 is 11.3 Å². The topological polar surface area (TPSA) is 30.0 Å². The van der Waals surface area contributed by atoms with Crippen LogP contribution in [-0.4, -0.2) is 10.8 Å². The van der Waals surface area contributed by atoms with Crippen molar-refractivity contribution in [3.8, 4) is 0 Å². The maximum atomic E-state index is 12.4. The lowest BCUT2D eigenvalue weighted by Gasteiger charge is -2.06. The maximum absolute atomic E-state index is 12.4. The molecule has 2 aromatic rings. The molecule has 20 heavy (non-hydrogen) atoms. The second-order valence-corrected chi connectivity index (χ2v) is 5.67. The van der Waals surface area contributed by atoms with E-state index >= 15 is 0 Å². The molecule has 1 heterocycles. The monoisotopic (exact) mass is 299 g/mol. The van der Waals surface area contributed by atoms with Gasteiger partial charge in [-0.3, -0.25) is 4.79 Å². The van der Waals surface area contributed by atoms with E-state index < -0.39 is 11.7 Å². The maximum Gasteiger partial charge on any atom is 0.416 e. The Balaban J connectivity index is 2.06. The first-order valence-electron chi connectivity index (χ1n) is 5.94. The molecule has 0 saturated carbocycles. The Kier molecular flexibility index (Phi) is 4.23. The van der Waals surface area contributed by atoms with Crippen molar-refractivity contribution in [2.75, 3.05) is 0 Å². The zero-order valence-corrected chi connectivity index (χ0v) is 11.5. The third kappa shape index (κ3) is 3.90. The molecule has 1 aromatic heterocycles. The normalized spacial score (nSPS) is 11.6. The van der Waals surface area contributed by atoms with Gasteiger partial charge in [-0.05, 0) is 24.6 Å². The van der Waals surface area contributed by atoms with Gasteiger partial charge in [0.2, 0.25) is 0 Å². The van der Waals surface area contributed by atoms with Gasteiger partial charge in [0.25, 0.3) is 0 Å². The number of ketones is 1. The van der Waals surface area contributed by atoms with Crippen LogP contribution in [0.2, 0.25) is 0 Å². The number of rotatable bonds is 4. The summed E-state index contributed by atoms with van der Waals surface area (Å²) in [6.07, 6.45) is -1.84. The van der Waals surface area contributed by atoms with Crippen molar-refractivity contribution in [2.24, 2.45) is 0 Å². The summed E-state index contributed by atoms with van der Waals surface area (Å²) in [5.74, 6) is 0.0646. The van der Waals surface area contributed by atoms with Crippen LogP contribution < -0.4 is 0 Å². The first kappa shape index (κ1) is 14.7. The fourth-order valence-corrected chi connectivity index (χ4v) is 2.77. The summed E-state index contributed by atoms with van der Waals surface area (Å²) in [4.78, 5) is 16.0. The van der Waals surface area contributed by atoms with Crippen LogP contribution in [0, 0.1) is 0 Å². The molecule has 0 aliphatic heterocycles. The van der Waals surface area contributed by atoms with Crippen LogP contribution in [0.1, 0.15) is 27.9 Å². The lowest BCUT2D eigenvalue weighted by atomic mass is 10.1. The highest BCUT2D eigenvalue weighted by Gasteiger charge is 2.29. The molecule has 2 rings (SSSR count). The third-order valence-electron chi connectivity index (χ3n) is 2.66. The lowest BCUT2D eigenvalue weighted by molar-refractivity contribution is -0.137. The molecule has 1 aromatic carbocycles. The molecule has 2 nitrogen and oxygen atoms in total. The number of hydrogen-bond acceptors (Lipinski definition) is 3. The highest BCUT2D eigenvalue weighted by atomic mass is 32.1. The van der Waals surface area contributed by atoms with Gasteiger partial charge in [-0.2, -0.15) is 13.2 Å². The molecular formula is C14H12F3NOS. The van der Waals surface area contributed by atoms with Gasteiger partial charge in [-0.1, -0.05) is 12.1 Å². The highest BCUT2D eigenvalue weighted by Crippen LogP contribution is 2.29. The number of Topliss-reactive ketones (excluding diaryl/α,β-unsaturated/α-hetero) is 1. The van der Waals surface area contributed by atoms with E-state index in [0.29, 0.717) is 12.8 Å². The number of hydrogen-bond donors (Lipinski definition) is 0. The van der Waals surface area contributed by atoms with E-state index in [9.17, 15) is 18.0 Å². The van der Waals surface area contributed by atoms with Gasteiger partial charge in [-0.15, -0.1) is 11.3 Å². The van der Waals surface area contributed by atoms with E-state index in [1.54, 1.807) is 6.20 Å². The number of nitrogens with zero attached hydrogens (tertiary/aromatic N) is 1. The van der Waals surface area contributed by atoms with Crippen LogP contribution in [-0.2, 0) is 23.8 Å². The van der Waals surface area contributed by atoms with Crippen molar-refractivity contribution < 1.29 is 18.0 Å². The molecule has 0 N–H and O–H groups in total. The van der Waals surface area contributed by atoms with Gasteiger partial charge < -0.3 is 0 Å². The smallest absolute Gasteiger partial charge is 0.300 e. The summed E-state index contributed by atoms with van der Waals surface area (Å²) < 4.78 is 37.3. The summed E-state index contributed by atoms with van der Waals surface area (Å²) in [6, 6.07) is 5.04. The largest absolute Gasteiger partial charge is 0.416 e. The minimum absolute atomic E-state index is 0.0646. The molecule has 6 heteroatoms. The summed E-state index contributed by atoms with van der Waals surface area (Å²) in [6.45, 7) is 1.51. The number of carbonyl (C=O) groups is 1. The fourth-order valence-electron chi connectivity index (χ4n) is 1.74. The Morgan fingerprint density at radius 3 is 2.45 bits per heavy atom. The summed E-state index contributed by atoms with van der Waals surface area (Å²) in [5, 5.41) is 0.793. The van der Waals surface area contributed by atoms with Gasteiger partial charge >= 0.3 is 6.18 Å². The number of carbonyl (C=O) groups excluding carboxylic acids is 1. The molecule has 0 radical (unpaired) electrons. The molecule has 0 aliphatic carbocycles. The van der Waals surface area contributed by atoms with E-state index in [2.05, 4.69) is 4.98 Å². The highest BCUT2D eigenvalue weighted by molar-refractivity contribution is 7.11. The molecule has 0 atom stereocenters. The zero-order valence-electron chi connectivity index (χ0n) is 10.7. The molecule has 0 unspecified atom stereocenters. The number of benzene rings is 1. The first-order valence-corrected chi connectivity index (χ1v) is 6.75. The minimum atomic E-state index is -4.31. The molecule has 0 spiro atoms. The Labute approximate surface area is 118 Å². The van der Waals surface area contributed by atoms with Gasteiger partial charge in [0.1, 0.15) is 5.78 Å². The molecule has 0 aliphatic rings. The average molecular weight is 299 g/mol. The molecule has 106 valence electrons. The number of halogens is 3. The number of aromatic nitrogens is 1. The SMILES string of the molecule is CC(=O)Cc1cnc(Cc2ccc(C(F)(F)F)cc2)s1. The Bertz CT molecular complexity index is 602. The quantitative estimate of drug-likeness (QED) is 0.857. The van der Waals surface area contributed by atoms with Crippen LogP contribution in [0.15, 0.2) is 30.5 Å². The van der Waals surface area contributed by atoms with Crippen molar-refractivity contribution in [2.45, 2.75) is 25.9 Å². The van der Waals surface area contributed by atoms with Crippen LogP contribution in [0.5, 0.6) is 0 Å². The van der Waals surface area contributed by atoms with Crippen molar-refractivity contribution >= 4 is 17.1 Å². The van der Waals surface area contributed by atoms with E-state index in [1.165, 1.54) is 30.4 Å². The van der Waals surface area contributed by atoms with Crippen LogP contribution in [0.4, 0.5) is 13.2 Å². The minimum Gasteiger partial charge on any atom is -0.300 e. The van der Waals surface area contributed by atoms with E-state index in [1.807, 2.05) is 0 Å². The molecule has 0 saturated heterocycles. The van der Waals surface area contributed by atoms with Crippen molar-refractivity contribution in [1.29, 1.82) is 0 Å². The number of alkyl halides is 3. The predicted octanol–water partition coefficient (Wildman–Crippen LogP) is 3.88. The summed E-state index contributed by atoms with van der Waals surface area (Å²) in [7, 11) is 0. The third-order valence-corrected chi connectivity index (χ3v) is 3.66. The van der Waals surface area contributed by atoms with Crippen molar-refractivity contribution in [3.05, 3.63) is 51.5 Å². The van der Waals surface area contributed by atoms with Gasteiger partial charge in [-0.25, -0.2) is 4.98 Å². The zero-order chi connectivity index (χ0) is 14.8. The lowest BCUT2D eigenvalue weighted by Crippen LogP contribution is -2.04. The fraction of sp³-hybridized carbons (Fsp3) is 0.286. The second kappa shape index (κ2) is 5.75.